The van der Waals surface area contributed by atoms with E-state index in [1.807, 2.05) is 55.5 Å². The van der Waals surface area contributed by atoms with Crippen molar-refractivity contribution in [3.8, 4) is 39.8 Å². The zero-order valence-electron chi connectivity index (χ0n) is 19.7. The predicted molar refractivity (Wildman–Crippen MR) is 129 cm³/mol. The highest BCUT2D eigenvalue weighted by Gasteiger charge is 2.21. The molecule has 1 N–H and O–H groups in total. The van der Waals surface area contributed by atoms with Gasteiger partial charge in [0, 0.05) is 22.8 Å². The van der Waals surface area contributed by atoms with Crippen molar-refractivity contribution in [2.75, 3.05) is 20.3 Å². The third-order valence-corrected chi connectivity index (χ3v) is 5.41. The van der Waals surface area contributed by atoms with Gasteiger partial charge in [-0.3, -0.25) is 4.68 Å². The molecular formula is C27H24F2N2O5. The molecule has 0 atom stereocenters. The van der Waals surface area contributed by atoms with Crippen LogP contribution in [0.2, 0.25) is 0 Å². The van der Waals surface area contributed by atoms with Gasteiger partial charge in [0.15, 0.2) is 18.2 Å². The molecule has 9 heteroatoms. The molecule has 0 spiro atoms. The lowest BCUT2D eigenvalue weighted by atomic mass is 10.1. The van der Waals surface area contributed by atoms with Crippen LogP contribution in [0.1, 0.15) is 12.5 Å². The molecule has 0 fully saturated rings. The van der Waals surface area contributed by atoms with Crippen LogP contribution in [-0.4, -0.2) is 41.2 Å². The summed E-state index contributed by atoms with van der Waals surface area (Å²) >= 11 is 0. The highest BCUT2D eigenvalue weighted by Crippen LogP contribution is 2.37. The van der Waals surface area contributed by atoms with Crippen molar-refractivity contribution in [3.05, 3.63) is 83.9 Å². The minimum Gasteiger partial charge on any atom is -0.496 e. The Labute approximate surface area is 206 Å². The predicted octanol–water partition coefficient (Wildman–Crippen LogP) is 5.41. The Bertz CT molecular complexity index is 1390. The largest absolute Gasteiger partial charge is 0.496 e. The Morgan fingerprint density at radius 3 is 2.33 bits per heavy atom. The summed E-state index contributed by atoms with van der Waals surface area (Å²) in [5, 5.41) is 13.7. The van der Waals surface area contributed by atoms with Gasteiger partial charge in [-0.2, -0.15) is 5.10 Å². The van der Waals surface area contributed by atoms with Crippen molar-refractivity contribution in [3.63, 3.8) is 0 Å². The van der Waals surface area contributed by atoms with Gasteiger partial charge in [-0.05, 0) is 37.3 Å². The molecule has 36 heavy (non-hydrogen) atoms. The van der Waals surface area contributed by atoms with Crippen molar-refractivity contribution in [2.45, 2.75) is 13.5 Å². The second-order valence-electron chi connectivity index (χ2n) is 7.76. The van der Waals surface area contributed by atoms with Gasteiger partial charge in [0.2, 0.25) is 0 Å². The minimum absolute atomic E-state index is 0.115. The van der Waals surface area contributed by atoms with Crippen molar-refractivity contribution in [1.29, 1.82) is 0 Å². The molecule has 0 amide bonds. The van der Waals surface area contributed by atoms with E-state index >= 15 is 0 Å². The standard InChI is InChI=1S/C27H24F2N2O5/c1-3-35-25-11-7-5-9-18(25)23-14-22(30-31(23)15-17-8-4-6-10-24(17)34-2)19-12-20(28)21(29)13-26(19)36-16-27(32)33/h4-14H,3,15-16H2,1-2H3,(H,32,33). The third kappa shape index (κ3) is 5.30. The van der Waals surface area contributed by atoms with E-state index < -0.39 is 24.2 Å². The molecule has 0 aliphatic rings. The number of aromatic nitrogens is 2. The highest BCUT2D eigenvalue weighted by molar-refractivity contribution is 5.76. The smallest absolute Gasteiger partial charge is 0.341 e. The lowest BCUT2D eigenvalue weighted by molar-refractivity contribution is -0.139. The molecule has 1 aromatic heterocycles. The van der Waals surface area contributed by atoms with Gasteiger partial charge < -0.3 is 19.3 Å². The molecule has 0 aliphatic heterocycles. The summed E-state index contributed by atoms with van der Waals surface area (Å²) < 4.78 is 46.5. The fraction of sp³-hybridized carbons (Fsp3) is 0.185. The van der Waals surface area contributed by atoms with Crippen LogP contribution in [0.15, 0.2) is 66.7 Å². The normalized spacial score (nSPS) is 10.8. The molecule has 0 saturated heterocycles. The summed E-state index contributed by atoms with van der Waals surface area (Å²) in [5.74, 6) is -2.36. The first-order valence-electron chi connectivity index (χ1n) is 11.2. The molecule has 0 saturated carbocycles. The summed E-state index contributed by atoms with van der Waals surface area (Å²) in [7, 11) is 1.58. The molecule has 186 valence electrons. The fourth-order valence-corrected chi connectivity index (χ4v) is 3.83. The number of halogens is 2. The van der Waals surface area contributed by atoms with Gasteiger partial charge in [-0.25, -0.2) is 13.6 Å². The van der Waals surface area contributed by atoms with Crippen LogP contribution in [-0.2, 0) is 11.3 Å². The third-order valence-electron chi connectivity index (χ3n) is 5.41. The molecule has 4 aromatic rings. The van der Waals surface area contributed by atoms with E-state index in [0.29, 0.717) is 30.3 Å². The molecule has 0 aliphatic carbocycles. The van der Waals surface area contributed by atoms with E-state index in [-0.39, 0.29) is 17.0 Å². The average Bonchev–Trinajstić information content (AvgIpc) is 3.28. The number of benzene rings is 3. The maximum atomic E-state index is 14.3. The zero-order valence-corrected chi connectivity index (χ0v) is 19.7. The van der Waals surface area contributed by atoms with Crippen molar-refractivity contribution in [2.24, 2.45) is 0 Å². The van der Waals surface area contributed by atoms with E-state index in [2.05, 4.69) is 5.10 Å². The number of hydrogen-bond acceptors (Lipinski definition) is 5. The molecule has 0 radical (unpaired) electrons. The van der Waals surface area contributed by atoms with Crippen LogP contribution in [0.4, 0.5) is 8.78 Å². The van der Waals surface area contributed by atoms with E-state index in [0.717, 1.165) is 23.3 Å². The van der Waals surface area contributed by atoms with Gasteiger partial charge in [-0.1, -0.05) is 30.3 Å². The van der Waals surface area contributed by atoms with E-state index in [4.69, 9.17) is 19.3 Å². The molecule has 7 nitrogen and oxygen atoms in total. The van der Waals surface area contributed by atoms with E-state index in [1.165, 1.54) is 0 Å². The first-order valence-corrected chi connectivity index (χ1v) is 11.2. The zero-order chi connectivity index (χ0) is 25.7. The summed E-state index contributed by atoms with van der Waals surface area (Å²) in [6, 6.07) is 18.3. The maximum absolute atomic E-state index is 14.3. The van der Waals surface area contributed by atoms with E-state index in [1.54, 1.807) is 17.9 Å². The number of carbonyl (C=O) groups is 1. The Kier molecular flexibility index (Phi) is 7.48. The Morgan fingerprint density at radius 1 is 0.917 bits per heavy atom. The SMILES string of the molecule is CCOc1ccccc1-c1cc(-c2cc(F)c(F)cc2OCC(=O)O)nn1Cc1ccccc1OC. The topological polar surface area (TPSA) is 82.8 Å². The Morgan fingerprint density at radius 2 is 1.61 bits per heavy atom. The summed E-state index contributed by atoms with van der Waals surface area (Å²) in [5.41, 5.74) is 2.62. The lowest BCUT2D eigenvalue weighted by Gasteiger charge is -2.13. The van der Waals surface area contributed by atoms with Gasteiger partial charge in [0.25, 0.3) is 0 Å². The lowest BCUT2D eigenvalue weighted by Crippen LogP contribution is -2.10. The fourth-order valence-electron chi connectivity index (χ4n) is 3.83. The average molecular weight is 494 g/mol. The Hall–Kier alpha value is -4.40. The van der Waals surface area contributed by atoms with Crippen molar-refractivity contribution in [1.82, 2.24) is 9.78 Å². The molecule has 1 heterocycles. The second-order valence-corrected chi connectivity index (χ2v) is 7.76. The second kappa shape index (κ2) is 10.9. The van der Waals surface area contributed by atoms with Gasteiger partial charge in [0.1, 0.15) is 17.2 Å². The summed E-state index contributed by atoms with van der Waals surface area (Å²) in [4.78, 5) is 11.0. The number of ether oxygens (including phenoxy) is 3. The molecule has 3 aromatic carbocycles. The van der Waals surface area contributed by atoms with Crippen molar-refractivity contribution >= 4 is 5.97 Å². The number of methoxy groups -OCH3 is 1. The first kappa shape index (κ1) is 24.7. The number of carboxylic acids is 1. The minimum atomic E-state index is -1.25. The highest BCUT2D eigenvalue weighted by atomic mass is 19.2. The van der Waals surface area contributed by atoms with Crippen molar-refractivity contribution < 1.29 is 32.9 Å². The van der Waals surface area contributed by atoms with Gasteiger partial charge in [-0.15, -0.1) is 0 Å². The molecule has 4 rings (SSSR count). The quantitative estimate of drug-likeness (QED) is 0.317. The summed E-state index contributed by atoms with van der Waals surface area (Å²) in [6.45, 7) is 1.90. The van der Waals surface area contributed by atoms with Gasteiger partial charge >= 0.3 is 5.97 Å². The summed E-state index contributed by atoms with van der Waals surface area (Å²) in [6.07, 6.45) is 0. The number of para-hydroxylation sites is 2. The van der Waals surface area contributed by atoms with Crippen LogP contribution in [0, 0.1) is 11.6 Å². The Balaban J connectivity index is 1.89. The number of aliphatic carboxylic acids is 1. The van der Waals surface area contributed by atoms with Crippen LogP contribution in [0.5, 0.6) is 17.2 Å². The van der Waals surface area contributed by atoms with Crippen LogP contribution < -0.4 is 14.2 Å². The van der Waals surface area contributed by atoms with E-state index in [9.17, 15) is 13.6 Å². The number of nitrogens with zero attached hydrogens (tertiary/aromatic N) is 2. The molecule has 0 unspecified atom stereocenters. The van der Waals surface area contributed by atoms with Crippen LogP contribution >= 0.6 is 0 Å². The maximum Gasteiger partial charge on any atom is 0.341 e. The molecular weight excluding hydrogens is 470 g/mol. The first-order chi connectivity index (χ1) is 17.4. The van der Waals surface area contributed by atoms with Gasteiger partial charge in [0.05, 0.1) is 31.6 Å². The number of carboxylic acid groups (broad SMARTS) is 1. The number of hydrogen-bond donors (Lipinski definition) is 1. The van der Waals surface area contributed by atoms with Crippen LogP contribution in [0.3, 0.4) is 0 Å². The van der Waals surface area contributed by atoms with Crippen LogP contribution in [0.25, 0.3) is 22.5 Å². The number of rotatable bonds is 10. The molecule has 0 bridgehead atoms. The monoisotopic (exact) mass is 494 g/mol.